The van der Waals surface area contributed by atoms with E-state index in [-0.39, 0.29) is 11.5 Å². The van der Waals surface area contributed by atoms with Gasteiger partial charge in [-0.1, -0.05) is 28.1 Å². The Bertz CT molecular complexity index is 616. The van der Waals surface area contributed by atoms with Gasteiger partial charge >= 0.3 is 0 Å². The number of aromatic amines is 2. The first-order valence-corrected chi connectivity index (χ1v) is 7.55. The van der Waals surface area contributed by atoms with Crippen LogP contribution in [-0.4, -0.2) is 21.4 Å². The zero-order valence-corrected chi connectivity index (χ0v) is 12.5. The first-order valence-electron chi connectivity index (χ1n) is 6.43. The van der Waals surface area contributed by atoms with Gasteiger partial charge in [-0.2, -0.15) is 0 Å². The third-order valence-electron chi connectivity index (χ3n) is 2.86. The number of hydrogen-bond donors (Lipinski definition) is 3. The lowest BCUT2D eigenvalue weighted by atomic mass is 10.1. The quantitative estimate of drug-likeness (QED) is 0.559. The van der Waals surface area contributed by atoms with Crippen LogP contribution in [0.3, 0.4) is 0 Å². The minimum atomic E-state index is -0.163. The predicted molar refractivity (Wildman–Crippen MR) is 83.1 cm³/mol. The first-order chi connectivity index (χ1) is 9.69. The summed E-state index contributed by atoms with van der Waals surface area (Å²) in [7, 11) is 0. The minimum absolute atomic E-state index is 0.0220. The zero-order valence-electron chi connectivity index (χ0n) is 10.9. The molecule has 6 heteroatoms. The molecule has 1 aromatic heterocycles. The minimum Gasteiger partial charge on any atom is -0.326 e. The van der Waals surface area contributed by atoms with Crippen molar-refractivity contribution in [1.29, 1.82) is 0 Å². The van der Waals surface area contributed by atoms with Crippen LogP contribution in [0, 0.1) is 0 Å². The second kappa shape index (κ2) is 7.09. The van der Waals surface area contributed by atoms with E-state index in [1.807, 2.05) is 24.3 Å². The van der Waals surface area contributed by atoms with Crippen LogP contribution in [0.4, 0.5) is 5.69 Å². The lowest BCUT2D eigenvalue weighted by Gasteiger charge is -2.05. The Morgan fingerprint density at radius 3 is 2.50 bits per heavy atom. The predicted octanol–water partition coefficient (Wildman–Crippen LogP) is 2.87. The number of benzene rings is 1. The lowest BCUT2D eigenvalue weighted by molar-refractivity contribution is -0.116. The van der Waals surface area contributed by atoms with Crippen molar-refractivity contribution in [3.63, 3.8) is 0 Å². The summed E-state index contributed by atoms with van der Waals surface area (Å²) in [5, 5.41) is 9.05. The second-order valence-electron chi connectivity index (χ2n) is 4.44. The van der Waals surface area contributed by atoms with Crippen molar-refractivity contribution in [3.05, 3.63) is 40.7 Å². The Hall–Kier alpha value is -1.82. The van der Waals surface area contributed by atoms with Crippen molar-refractivity contribution in [3.8, 4) is 11.3 Å². The number of carbonyl (C=O) groups is 1. The molecule has 0 aliphatic heterocycles. The van der Waals surface area contributed by atoms with Gasteiger partial charge in [-0.05, 0) is 30.5 Å². The number of alkyl halides is 1. The van der Waals surface area contributed by atoms with E-state index in [2.05, 4.69) is 31.4 Å². The number of halogens is 1. The van der Waals surface area contributed by atoms with Gasteiger partial charge in [0.1, 0.15) is 0 Å². The molecule has 0 radical (unpaired) electrons. The third kappa shape index (κ3) is 4.09. The van der Waals surface area contributed by atoms with Gasteiger partial charge in [0.05, 0.1) is 5.69 Å². The van der Waals surface area contributed by atoms with E-state index < -0.39 is 0 Å². The van der Waals surface area contributed by atoms with Crippen molar-refractivity contribution >= 4 is 27.5 Å². The van der Waals surface area contributed by atoms with E-state index in [0.717, 1.165) is 35.1 Å². The Kier molecular flexibility index (Phi) is 5.17. The fourth-order valence-corrected chi connectivity index (χ4v) is 2.22. The maximum atomic E-state index is 11.7. The van der Waals surface area contributed by atoms with Crippen LogP contribution in [0.25, 0.3) is 11.3 Å². The maximum absolute atomic E-state index is 11.7. The van der Waals surface area contributed by atoms with Crippen molar-refractivity contribution < 1.29 is 4.79 Å². The molecule has 0 unspecified atom stereocenters. The van der Waals surface area contributed by atoms with Crippen molar-refractivity contribution in [2.45, 2.75) is 19.3 Å². The molecule has 0 aliphatic rings. The highest BCUT2D eigenvalue weighted by Gasteiger charge is 2.04. The van der Waals surface area contributed by atoms with Crippen LogP contribution < -0.4 is 10.9 Å². The van der Waals surface area contributed by atoms with Gasteiger partial charge in [0.2, 0.25) is 5.91 Å². The normalized spacial score (nSPS) is 10.4. The Morgan fingerprint density at radius 1 is 1.15 bits per heavy atom. The van der Waals surface area contributed by atoms with Crippen LogP contribution >= 0.6 is 15.9 Å². The summed E-state index contributed by atoms with van der Waals surface area (Å²) in [6.07, 6.45) is 2.39. The molecule has 1 amide bonds. The maximum Gasteiger partial charge on any atom is 0.264 e. The highest BCUT2D eigenvalue weighted by Crippen LogP contribution is 2.18. The molecule has 5 nitrogen and oxygen atoms in total. The molecule has 0 atom stereocenters. The molecule has 0 saturated carbocycles. The van der Waals surface area contributed by atoms with Crippen molar-refractivity contribution in [2.24, 2.45) is 0 Å². The molecule has 0 fully saturated rings. The first kappa shape index (κ1) is 14.6. The topological polar surface area (TPSA) is 77.8 Å². The molecule has 0 spiro atoms. The number of aromatic nitrogens is 2. The third-order valence-corrected chi connectivity index (χ3v) is 3.42. The fraction of sp³-hybridized carbons (Fsp3) is 0.286. The van der Waals surface area contributed by atoms with Crippen LogP contribution in [0.5, 0.6) is 0 Å². The number of carbonyl (C=O) groups excluding carboxylic acids is 1. The summed E-state index contributed by atoms with van der Waals surface area (Å²) < 4.78 is 0. The van der Waals surface area contributed by atoms with Gasteiger partial charge in [-0.3, -0.25) is 19.8 Å². The Morgan fingerprint density at radius 2 is 1.90 bits per heavy atom. The largest absolute Gasteiger partial charge is 0.326 e. The molecule has 20 heavy (non-hydrogen) atoms. The molecule has 0 bridgehead atoms. The summed E-state index contributed by atoms with van der Waals surface area (Å²) in [4.78, 5) is 22.7. The molecular formula is C14H16BrN3O2. The number of hydrogen-bond acceptors (Lipinski definition) is 2. The lowest BCUT2D eigenvalue weighted by Crippen LogP contribution is -2.10. The standard InChI is InChI=1S/C14H16BrN3O2/c15-8-2-1-3-13(19)16-11-6-4-10(5-7-11)12-9-14(20)18-17-12/h4-7,9H,1-3,8H2,(H,16,19)(H2,17,18,20). The van der Waals surface area contributed by atoms with Crippen LogP contribution in [0.15, 0.2) is 35.1 Å². The van der Waals surface area contributed by atoms with E-state index in [0.29, 0.717) is 6.42 Å². The van der Waals surface area contributed by atoms with Crippen LogP contribution in [-0.2, 0) is 4.79 Å². The van der Waals surface area contributed by atoms with Gasteiger partial charge in [0.25, 0.3) is 5.56 Å². The number of anilines is 1. The Labute approximate surface area is 124 Å². The average molecular weight is 338 g/mol. The molecule has 3 N–H and O–H groups in total. The molecular weight excluding hydrogens is 322 g/mol. The van der Waals surface area contributed by atoms with Crippen LogP contribution in [0.2, 0.25) is 0 Å². The SMILES string of the molecule is O=C(CCCCBr)Nc1ccc(-c2cc(=O)[nH][nH]2)cc1. The van der Waals surface area contributed by atoms with Gasteiger partial charge < -0.3 is 5.32 Å². The van der Waals surface area contributed by atoms with E-state index in [1.165, 1.54) is 6.07 Å². The monoisotopic (exact) mass is 337 g/mol. The summed E-state index contributed by atoms with van der Waals surface area (Å²) in [5.74, 6) is 0.0220. The molecule has 2 aromatic rings. The van der Waals surface area contributed by atoms with E-state index in [9.17, 15) is 9.59 Å². The van der Waals surface area contributed by atoms with E-state index in [4.69, 9.17) is 0 Å². The van der Waals surface area contributed by atoms with Gasteiger partial charge in [0, 0.05) is 23.5 Å². The summed E-state index contributed by atoms with van der Waals surface area (Å²) in [5.41, 5.74) is 2.21. The highest BCUT2D eigenvalue weighted by atomic mass is 79.9. The summed E-state index contributed by atoms with van der Waals surface area (Å²) >= 11 is 3.34. The number of nitrogens with one attached hydrogen (secondary N) is 3. The van der Waals surface area contributed by atoms with Crippen molar-refractivity contribution in [2.75, 3.05) is 10.6 Å². The second-order valence-corrected chi connectivity index (χ2v) is 5.24. The molecule has 1 heterocycles. The molecule has 2 rings (SSSR count). The molecule has 0 saturated heterocycles. The zero-order chi connectivity index (χ0) is 14.4. The Balaban J connectivity index is 1.94. The molecule has 0 aliphatic carbocycles. The molecule has 106 valence electrons. The molecule has 1 aromatic carbocycles. The fourth-order valence-electron chi connectivity index (χ4n) is 1.82. The van der Waals surface area contributed by atoms with Gasteiger partial charge in [-0.25, -0.2) is 0 Å². The van der Waals surface area contributed by atoms with Gasteiger partial charge in [-0.15, -0.1) is 0 Å². The number of unbranched alkanes of at least 4 members (excludes halogenated alkanes) is 1. The van der Waals surface area contributed by atoms with E-state index >= 15 is 0 Å². The van der Waals surface area contributed by atoms with Gasteiger partial charge in [0.15, 0.2) is 0 Å². The average Bonchev–Trinajstić information content (AvgIpc) is 2.86. The number of amides is 1. The van der Waals surface area contributed by atoms with E-state index in [1.54, 1.807) is 0 Å². The number of rotatable bonds is 6. The number of H-pyrrole nitrogens is 2. The smallest absolute Gasteiger partial charge is 0.264 e. The summed E-state index contributed by atoms with van der Waals surface area (Å²) in [6.45, 7) is 0. The highest BCUT2D eigenvalue weighted by molar-refractivity contribution is 9.09. The van der Waals surface area contributed by atoms with Crippen molar-refractivity contribution in [1.82, 2.24) is 10.2 Å². The van der Waals surface area contributed by atoms with Crippen LogP contribution in [0.1, 0.15) is 19.3 Å². The summed E-state index contributed by atoms with van der Waals surface area (Å²) in [6, 6.07) is 8.85.